The first-order valence-corrected chi connectivity index (χ1v) is 8.83. The van der Waals surface area contributed by atoms with Gasteiger partial charge < -0.3 is 0 Å². The lowest BCUT2D eigenvalue weighted by atomic mass is 9.34. The topological polar surface area (TPSA) is 0 Å². The number of hydrogen-bond acceptors (Lipinski definition) is 0. The third-order valence-electron chi connectivity index (χ3n) is 8.58. The fourth-order valence-electron chi connectivity index (χ4n) is 7.89. The SMILES string of the molecule is C1CC2C3(CCC1CC3)C1CCC3CCC21CC3. The van der Waals surface area contributed by atoms with Gasteiger partial charge in [0.2, 0.25) is 0 Å². The molecular weight excluding hydrogens is 216 g/mol. The minimum Gasteiger partial charge on any atom is -0.0501 e. The Morgan fingerprint density at radius 1 is 0.444 bits per heavy atom. The Hall–Kier alpha value is 0. The summed E-state index contributed by atoms with van der Waals surface area (Å²) in [7, 11) is 0. The number of fused-ring (bicyclic) bond motifs is 6. The van der Waals surface area contributed by atoms with Gasteiger partial charge in [-0.05, 0) is 98.7 Å². The van der Waals surface area contributed by atoms with Crippen LogP contribution in [-0.4, -0.2) is 0 Å². The van der Waals surface area contributed by atoms with Crippen molar-refractivity contribution in [2.45, 2.75) is 77.0 Å². The summed E-state index contributed by atoms with van der Waals surface area (Å²) in [5.41, 5.74) is 1.76. The van der Waals surface area contributed by atoms with E-state index in [0.717, 1.165) is 22.7 Å². The monoisotopic (exact) mass is 244 g/mol. The van der Waals surface area contributed by atoms with Crippen molar-refractivity contribution in [3.8, 4) is 0 Å². The first-order valence-electron chi connectivity index (χ1n) is 8.83. The fourth-order valence-corrected chi connectivity index (χ4v) is 7.89. The lowest BCUT2D eigenvalue weighted by molar-refractivity contribution is -0.223. The third kappa shape index (κ3) is 1.07. The van der Waals surface area contributed by atoms with Crippen molar-refractivity contribution in [2.24, 2.45) is 34.5 Å². The molecule has 0 radical (unpaired) electrons. The molecule has 100 valence electrons. The van der Waals surface area contributed by atoms with Gasteiger partial charge in [-0.15, -0.1) is 0 Å². The summed E-state index contributed by atoms with van der Waals surface area (Å²) in [6.45, 7) is 0. The number of rotatable bonds is 0. The van der Waals surface area contributed by atoms with Gasteiger partial charge in [0.15, 0.2) is 0 Å². The van der Waals surface area contributed by atoms with Crippen LogP contribution in [0.15, 0.2) is 0 Å². The van der Waals surface area contributed by atoms with Crippen molar-refractivity contribution in [2.75, 3.05) is 0 Å². The van der Waals surface area contributed by atoms with E-state index < -0.39 is 0 Å². The molecule has 18 heavy (non-hydrogen) atoms. The van der Waals surface area contributed by atoms with E-state index in [9.17, 15) is 0 Å². The van der Waals surface area contributed by atoms with Crippen LogP contribution in [0.4, 0.5) is 0 Å². The first-order chi connectivity index (χ1) is 8.83. The molecule has 7 saturated carbocycles. The molecule has 0 saturated heterocycles. The van der Waals surface area contributed by atoms with E-state index in [1.807, 2.05) is 0 Å². The van der Waals surface area contributed by atoms with Crippen molar-refractivity contribution >= 4 is 0 Å². The molecule has 0 aromatic rings. The fraction of sp³-hybridized carbons (Fsp3) is 1.00. The van der Waals surface area contributed by atoms with Gasteiger partial charge in [-0.2, -0.15) is 0 Å². The van der Waals surface area contributed by atoms with Gasteiger partial charge in [0.05, 0.1) is 0 Å². The summed E-state index contributed by atoms with van der Waals surface area (Å²) >= 11 is 0. The highest BCUT2D eigenvalue weighted by molar-refractivity contribution is 5.19. The molecule has 7 aliphatic carbocycles. The molecule has 0 aromatic heterocycles. The molecule has 0 heteroatoms. The molecule has 7 aliphatic rings. The molecule has 0 nitrogen and oxygen atoms in total. The standard InChI is InChI=1S/C18H28/c1-3-15-17(9-5-13(1)6-10-17)16-4-2-14-7-11-18(15,16)12-8-14/h13-16H,1-12H2. The maximum absolute atomic E-state index is 1.64. The summed E-state index contributed by atoms with van der Waals surface area (Å²) in [5.74, 6) is 4.64. The van der Waals surface area contributed by atoms with Crippen molar-refractivity contribution in [1.82, 2.24) is 0 Å². The molecule has 0 N–H and O–H groups in total. The average Bonchev–Trinajstić information content (AvgIpc) is 2.81. The lowest BCUT2D eigenvalue weighted by Crippen LogP contribution is -2.64. The second-order valence-electron chi connectivity index (χ2n) is 8.61. The van der Waals surface area contributed by atoms with E-state index in [2.05, 4.69) is 0 Å². The Balaban J connectivity index is 1.59. The van der Waals surface area contributed by atoms with Crippen LogP contribution in [0.1, 0.15) is 77.0 Å². The van der Waals surface area contributed by atoms with Crippen molar-refractivity contribution in [3.63, 3.8) is 0 Å². The Morgan fingerprint density at radius 2 is 0.833 bits per heavy atom. The second-order valence-corrected chi connectivity index (χ2v) is 8.61. The van der Waals surface area contributed by atoms with Crippen molar-refractivity contribution < 1.29 is 0 Å². The molecule has 0 heterocycles. The second kappa shape index (κ2) is 3.36. The first kappa shape index (κ1) is 10.7. The zero-order valence-electron chi connectivity index (χ0n) is 11.8. The third-order valence-corrected chi connectivity index (χ3v) is 8.58. The Labute approximate surface area is 112 Å². The molecule has 7 rings (SSSR count). The van der Waals surface area contributed by atoms with E-state index in [0.29, 0.717) is 0 Å². The zero-order valence-corrected chi connectivity index (χ0v) is 11.8. The van der Waals surface area contributed by atoms with Gasteiger partial charge >= 0.3 is 0 Å². The largest absolute Gasteiger partial charge is 0.0501 e. The molecule has 0 aliphatic heterocycles. The molecule has 0 unspecified atom stereocenters. The number of hydrogen-bond donors (Lipinski definition) is 0. The zero-order chi connectivity index (χ0) is 11.8. The molecule has 4 bridgehead atoms. The highest BCUT2D eigenvalue weighted by Gasteiger charge is 2.70. The Kier molecular flexibility index (Phi) is 2.01. The summed E-state index contributed by atoms with van der Waals surface area (Å²) in [4.78, 5) is 0. The molecule has 0 aromatic carbocycles. The minimum absolute atomic E-state index is 0.881. The molecule has 7 fully saturated rings. The normalized spacial score (nSPS) is 61.3. The van der Waals surface area contributed by atoms with Gasteiger partial charge in [-0.3, -0.25) is 0 Å². The van der Waals surface area contributed by atoms with Crippen molar-refractivity contribution in [3.05, 3.63) is 0 Å². The van der Waals surface area contributed by atoms with Crippen LogP contribution in [0.2, 0.25) is 0 Å². The highest BCUT2D eigenvalue weighted by atomic mass is 14.7. The quantitative estimate of drug-likeness (QED) is 0.551. The maximum atomic E-state index is 1.64. The average molecular weight is 244 g/mol. The molecule has 0 atom stereocenters. The summed E-state index contributed by atoms with van der Waals surface area (Å²) in [6.07, 6.45) is 19.4. The predicted octanol–water partition coefficient (Wildman–Crippen LogP) is 5.17. The predicted molar refractivity (Wildman–Crippen MR) is 74.2 cm³/mol. The summed E-state index contributed by atoms with van der Waals surface area (Å²) in [6, 6.07) is 0. The van der Waals surface area contributed by atoms with Crippen LogP contribution in [0.3, 0.4) is 0 Å². The van der Waals surface area contributed by atoms with Crippen LogP contribution in [0.5, 0.6) is 0 Å². The molecule has 0 amide bonds. The van der Waals surface area contributed by atoms with Crippen molar-refractivity contribution in [1.29, 1.82) is 0 Å². The molecular formula is C18H28. The van der Waals surface area contributed by atoms with E-state index >= 15 is 0 Å². The van der Waals surface area contributed by atoms with Crippen LogP contribution in [0.25, 0.3) is 0 Å². The van der Waals surface area contributed by atoms with E-state index in [-0.39, 0.29) is 0 Å². The van der Waals surface area contributed by atoms with Crippen LogP contribution in [0, 0.1) is 34.5 Å². The maximum Gasteiger partial charge on any atom is -0.0230 e. The molecule has 2 spiro atoms. The Bertz CT molecular complexity index is 304. The van der Waals surface area contributed by atoms with E-state index in [1.165, 1.54) is 11.8 Å². The van der Waals surface area contributed by atoms with Crippen LogP contribution in [-0.2, 0) is 0 Å². The van der Waals surface area contributed by atoms with Crippen LogP contribution < -0.4 is 0 Å². The Morgan fingerprint density at radius 3 is 1.22 bits per heavy atom. The van der Waals surface area contributed by atoms with Gasteiger partial charge in [-0.1, -0.05) is 12.8 Å². The summed E-state index contributed by atoms with van der Waals surface area (Å²) in [5, 5.41) is 0. The highest BCUT2D eigenvalue weighted by Crippen LogP contribution is 2.78. The van der Waals surface area contributed by atoms with E-state index in [4.69, 9.17) is 0 Å². The van der Waals surface area contributed by atoms with Crippen LogP contribution >= 0.6 is 0 Å². The van der Waals surface area contributed by atoms with Gasteiger partial charge in [0.25, 0.3) is 0 Å². The van der Waals surface area contributed by atoms with Gasteiger partial charge in [-0.25, -0.2) is 0 Å². The van der Waals surface area contributed by atoms with Gasteiger partial charge in [0.1, 0.15) is 0 Å². The lowest BCUT2D eigenvalue weighted by Gasteiger charge is -2.71. The minimum atomic E-state index is 0.881. The summed E-state index contributed by atoms with van der Waals surface area (Å²) < 4.78 is 0. The van der Waals surface area contributed by atoms with E-state index in [1.54, 1.807) is 77.0 Å². The smallest absolute Gasteiger partial charge is 0.0230 e. The van der Waals surface area contributed by atoms with Gasteiger partial charge in [0, 0.05) is 0 Å².